The molecule has 3 rings (SSSR count). The highest BCUT2D eigenvalue weighted by molar-refractivity contribution is 6.33. The SMILES string of the molecule is COC(=O)c1ccc(OCC(=O)N2CCN(c3ccccc3Cl)CC2)c(OC)c1. The Morgan fingerprint density at radius 2 is 1.72 bits per heavy atom. The summed E-state index contributed by atoms with van der Waals surface area (Å²) in [5.41, 5.74) is 1.33. The number of benzene rings is 2. The number of hydrogen-bond donors (Lipinski definition) is 0. The molecule has 0 unspecified atom stereocenters. The van der Waals surface area contributed by atoms with Gasteiger partial charge in [-0.15, -0.1) is 0 Å². The molecule has 1 heterocycles. The van der Waals surface area contributed by atoms with Gasteiger partial charge in [0, 0.05) is 26.2 Å². The largest absolute Gasteiger partial charge is 0.493 e. The standard InChI is InChI=1S/C21H23ClN2O5/c1-27-19-13-15(21(26)28-2)7-8-18(19)29-14-20(25)24-11-9-23(10-12-24)17-6-4-3-5-16(17)22/h3-8,13H,9-12,14H2,1-2H3. The van der Waals surface area contributed by atoms with Gasteiger partial charge in [-0.3, -0.25) is 4.79 Å². The van der Waals surface area contributed by atoms with Crippen molar-refractivity contribution in [3.8, 4) is 11.5 Å². The predicted octanol–water partition coefficient (Wildman–Crippen LogP) is 2.86. The van der Waals surface area contributed by atoms with Gasteiger partial charge >= 0.3 is 5.97 Å². The molecule has 0 aromatic heterocycles. The summed E-state index contributed by atoms with van der Waals surface area (Å²) in [5.74, 6) is 0.178. The first kappa shape index (κ1) is 20.8. The van der Waals surface area contributed by atoms with Crippen molar-refractivity contribution in [2.24, 2.45) is 0 Å². The van der Waals surface area contributed by atoms with Gasteiger partial charge in [0.1, 0.15) is 0 Å². The monoisotopic (exact) mass is 418 g/mol. The van der Waals surface area contributed by atoms with E-state index in [-0.39, 0.29) is 12.5 Å². The van der Waals surface area contributed by atoms with Crippen molar-refractivity contribution in [2.75, 3.05) is 51.9 Å². The van der Waals surface area contributed by atoms with Gasteiger partial charge < -0.3 is 24.0 Å². The molecule has 0 spiro atoms. The van der Waals surface area contributed by atoms with Gasteiger partial charge in [-0.05, 0) is 30.3 Å². The summed E-state index contributed by atoms with van der Waals surface area (Å²) >= 11 is 6.26. The van der Waals surface area contributed by atoms with Crippen LogP contribution in [0, 0.1) is 0 Å². The van der Waals surface area contributed by atoms with E-state index in [4.69, 9.17) is 25.8 Å². The number of para-hydroxylation sites is 1. The molecule has 8 heteroatoms. The summed E-state index contributed by atoms with van der Waals surface area (Å²) in [6.45, 7) is 2.47. The average molecular weight is 419 g/mol. The fourth-order valence-electron chi connectivity index (χ4n) is 3.17. The first-order valence-corrected chi connectivity index (χ1v) is 9.57. The Morgan fingerprint density at radius 3 is 2.38 bits per heavy atom. The van der Waals surface area contributed by atoms with Crippen LogP contribution in [0.3, 0.4) is 0 Å². The third-order valence-corrected chi connectivity index (χ3v) is 5.08. The lowest BCUT2D eigenvalue weighted by molar-refractivity contribution is -0.133. The summed E-state index contributed by atoms with van der Waals surface area (Å²) in [5, 5.41) is 0.707. The highest BCUT2D eigenvalue weighted by atomic mass is 35.5. The maximum atomic E-state index is 12.5. The average Bonchev–Trinajstić information content (AvgIpc) is 2.77. The topological polar surface area (TPSA) is 68.3 Å². The number of hydrogen-bond acceptors (Lipinski definition) is 6. The first-order valence-electron chi connectivity index (χ1n) is 9.20. The number of rotatable bonds is 6. The van der Waals surface area contributed by atoms with Gasteiger partial charge in [0.25, 0.3) is 5.91 Å². The van der Waals surface area contributed by atoms with Gasteiger partial charge in [0.15, 0.2) is 18.1 Å². The molecule has 0 aliphatic carbocycles. The second-order valence-electron chi connectivity index (χ2n) is 6.47. The number of halogens is 1. The van der Waals surface area contributed by atoms with Crippen LogP contribution in [0.5, 0.6) is 11.5 Å². The highest BCUT2D eigenvalue weighted by Gasteiger charge is 2.23. The number of carbonyl (C=O) groups excluding carboxylic acids is 2. The Hall–Kier alpha value is -2.93. The molecule has 2 aromatic carbocycles. The minimum absolute atomic E-state index is 0.108. The smallest absolute Gasteiger partial charge is 0.337 e. The quantitative estimate of drug-likeness (QED) is 0.672. The van der Waals surface area contributed by atoms with Gasteiger partial charge in [-0.1, -0.05) is 23.7 Å². The zero-order chi connectivity index (χ0) is 20.8. The fraction of sp³-hybridized carbons (Fsp3) is 0.333. The number of amides is 1. The molecular formula is C21H23ClN2O5. The molecule has 0 atom stereocenters. The van der Waals surface area contributed by atoms with E-state index in [1.165, 1.54) is 20.3 Å². The second kappa shape index (κ2) is 9.52. The molecule has 2 aromatic rings. The van der Waals surface area contributed by atoms with Crippen molar-refractivity contribution < 1.29 is 23.8 Å². The minimum atomic E-state index is -0.470. The lowest BCUT2D eigenvalue weighted by Crippen LogP contribution is -2.50. The Kier molecular flexibility index (Phi) is 6.82. The molecule has 0 bridgehead atoms. The Balaban J connectivity index is 1.55. The van der Waals surface area contributed by atoms with Crippen LogP contribution in [0.4, 0.5) is 5.69 Å². The molecule has 1 fully saturated rings. The van der Waals surface area contributed by atoms with Gasteiger partial charge in [0.2, 0.25) is 0 Å². The summed E-state index contributed by atoms with van der Waals surface area (Å²) in [6, 6.07) is 12.4. The normalized spacial score (nSPS) is 13.8. The van der Waals surface area contributed by atoms with E-state index < -0.39 is 5.97 Å². The zero-order valence-electron chi connectivity index (χ0n) is 16.4. The molecular weight excluding hydrogens is 396 g/mol. The molecule has 1 aliphatic rings. The van der Waals surface area contributed by atoms with E-state index in [2.05, 4.69) is 4.90 Å². The molecule has 1 saturated heterocycles. The van der Waals surface area contributed by atoms with Crippen LogP contribution >= 0.6 is 11.6 Å². The number of methoxy groups -OCH3 is 2. The van der Waals surface area contributed by atoms with Crippen LogP contribution in [0.15, 0.2) is 42.5 Å². The highest BCUT2D eigenvalue weighted by Crippen LogP contribution is 2.29. The molecule has 29 heavy (non-hydrogen) atoms. The van der Waals surface area contributed by atoms with Crippen LogP contribution in [-0.2, 0) is 9.53 Å². The molecule has 0 radical (unpaired) electrons. The lowest BCUT2D eigenvalue weighted by atomic mass is 10.2. The molecule has 1 amide bonds. The number of anilines is 1. The molecule has 1 aliphatic heterocycles. The number of nitrogens with zero attached hydrogens (tertiary/aromatic N) is 2. The third-order valence-electron chi connectivity index (χ3n) is 4.76. The number of esters is 1. The molecule has 0 saturated carbocycles. The number of piperazine rings is 1. The summed E-state index contributed by atoms with van der Waals surface area (Å²) in [6.07, 6.45) is 0. The van der Waals surface area contributed by atoms with Crippen molar-refractivity contribution >= 4 is 29.2 Å². The van der Waals surface area contributed by atoms with Crippen LogP contribution in [0.25, 0.3) is 0 Å². The van der Waals surface area contributed by atoms with Crippen LogP contribution in [0.1, 0.15) is 10.4 Å². The minimum Gasteiger partial charge on any atom is -0.493 e. The summed E-state index contributed by atoms with van der Waals surface area (Å²) in [4.78, 5) is 28.1. The Bertz CT molecular complexity index is 881. The summed E-state index contributed by atoms with van der Waals surface area (Å²) in [7, 11) is 2.78. The van der Waals surface area contributed by atoms with E-state index in [1.54, 1.807) is 17.0 Å². The van der Waals surface area contributed by atoms with Crippen molar-refractivity contribution in [2.45, 2.75) is 0 Å². The van der Waals surface area contributed by atoms with E-state index in [9.17, 15) is 9.59 Å². The third kappa shape index (κ3) is 4.92. The predicted molar refractivity (Wildman–Crippen MR) is 110 cm³/mol. The molecule has 154 valence electrons. The second-order valence-corrected chi connectivity index (χ2v) is 6.87. The van der Waals surface area contributed by atoms with E-state index in [1.807, 2.05) is 24.3 Å². The van der Waals surface area contributed by atoms with E-state index in [0.29, 0.717) is 48.3 Å². The van der Waals surface area contributed by atoms with Gasteiger partial charge in [-0.2, -0.15) is 0 Å². The van der Waals surface area contributed by atoms with E-state index >= 15 is 0 Å². The van der Waals surface area contributed by atoms with Crippen LogP contribution < -0.4 is 14.4 Å². The Morgan fingerprint density at radius 1 is 1.00 bits per heavy atom. The fourth-order valence-corrected chi connectivity index (χ4v) is 3.42. The first-order chi connectivity index (χ1) is 14.0. The van der Waals surface area contributed by atoms with Crippen LogP contribution in [0.2, 0.25) is 5.02 Å². The van der Waals surface area contributed by atoms with Crippen molar-refractivity contribution in [3.63, 3.8) is 0 Å². The molecule has 7 nitrogen and oxygen atoms in total. The number of ether oxygens (including phenoxy) is 3. The molecule has 0 N–H and O–H groups in total. The Labute approximate surface area is 174 Å². The number of carbonyl (C=O) groups is 2. The van der Waals surface area contributed by atoms with Crippen molar-refractivity contribution in [1.82, 2.24) is 4.90 Å². The lowest BCUT2D eigenvalue weighted by Gasteiger charge is -2.36. The van der Waals surface area contributed by atoms with Gasteiger partial charge in [-0.25, -0.2) is 4.79 Å². The van der Waals surface area contributed by atoms with Crippen molar-refractivity contribution in [1.29, 1.82) is 0 Å². The van der Waals surface area contributed by atoms with E-state index in [0.717, 1.165) is 5.69 Å². The van der Waals surface area contributed by atoms with Crippen LogP contribution in [-0.4, -0.2) is 63.8 Å². The maximum absolute atomic E-state index is 12.5. The maximum Gasteiger partial charge on any atom is 0.337 e. The zero-order valence-corrected chi connectivity index (χ0v) is 17.1. The van der Waals surface area contributed by atoms with Gasteiger partial charge in [0.05, 0.1) is 30.5 Å². The van der Waals surface area contributed by atoms with Crippen molar-refractivity contribution in [3.05, 3.63) is 53.1 Å². The summed E-state index contributed by atoms with van der Waals surface area (Å²) < 4.78 is 15.6.